The summed E-state index contributed by atoms with van der Waals surface area (Å²) >= 11 is 0. The minimum Gasteiger partial charge on any atom is -0.481 e. The molecular weight excluding hydrogens is 287 g/mol. The molecule has 0 bridgehead atoms. The van der Waals surface area contributed by atoms with Crippen LogP contribution in [0.4, 0.5) is 0 Å². The predicted molar refractivity (Wildman–Crippen MR) is 69.1 cm³/mol. The molecule has 0 saturated carbocycles. The van der Waals surface area contributed by atoms with Gasteiger partial charge in [0.15, 0.2) is 5.66 Å². The fraction of sp³-hybridized carbons (Fsp3) is 0.333. The van der Waals surface area contributed by atoms with Crippen LogP contribution >= 0.6 is 7.60 Å². The van der Waals surface area contributed by atoms with Gasteiger partial charge in [0.25, 0.3) is 0 Å². The molecule has 0 aromatic heterocycles. The zero-order valence-electron chi connectivity index (χ0n) is 10.8. The van der Waals surface area contributed by atoms with Crippen LogP contribution < -0.4 is 0 Å². The zero-order valence-corrected chi connectivity index (χ0v) is 11.7. The Labute approximate surface area is 115 Å². The number of hydrogen-bond donors (Lipinski definition) is 2. The number of aliphatic carboxylic acids is 1. The molecule has 0 radical (unpaired) electrons. The lowest BCUT2D eigenvalue weighted by Crippen LogP contribution is -2.26. The molecule has 2 N–H and O–H groups in total. The summed E-state index contributed by atoms with van der Waals surface area (Å²) in [5.41, 5.74) is -1.12. The van der Waals surface area contributed by atoms with Crippen LogP contribution in [0.5, 0.6) is 0 Å². The van der Waals surface area contributed by atoms with Gasteiger partial charge in [-0.05, 0) is 5.56 Å². The SMILES string of the molecule is COC(=O)C(CC(=O)O)P(=O)(O)OCc1ccccc1. The Morgan fingerprint density at radius 3 is 2.40 bits per heavy atom. The number of esters is 1. The Morgan fingerprint density at radius 2 is 1.90 bits per heavy atom. The van der Waals surface area contributed by atoms with Gasteiger partial charge in [0, 0.05) is 0 Å². The van der Waals surface area contributed by atoms with Gasteiger partial charge >= 0.3 is 19.5 Å². The van der Waals surface area contributed by atoms with Gasteiger partial charge in [0.05, 0.1) is 20.1 Å². The largest absolute Gasteiger partial charge is 0.481 e. The number of ether oxygens (including phenoxy) is 1. The second-order valence-electron chi connectivity index (χ2n) is 3.96. The first kappa shape index (κ1) is 16.4. The van der Waals surface area contributed by atoms with E-state index in [9.17, 15) is 19.0 Å². The van der Waals surface area contributed by atoms with Crippen molar-refractivity contribution in [2.24, 2.45) is 0 Å². The van der Waals surface area contributed by atoms with Gasteiger partial charge in [-0.25, -0.2) is 0 Å². The minimum absolute atomic E-state index is 0.207. The highest BCUT2D eigenvalue weighted by molar-refractivity contribution is 7.54. The van der Waals surface area contributed by atoms with Crippen molar-refractivity contribution in [1.82, 2.24) is 0 Å². The number of carboxylic acid groups (broad SMARTS) is 1. The molecule has 8 heteroatoms. The second kappa shape index (κ2) is 7.19. The number of hydrogen-bond acceptors (Lipinski definition) is 5. The van der Waals surface area contributed by atoms with Crippen molar-refractivity contribution in [3.63, 3.8) is 0 Å². The normalized spacial score (nSPS) is 15.1. The Hall–Kier alpha value is -1.69. The maximum absolute atomic E-state index is 12.0. The monoisotopic (exact) mass is 302 g/mol. The molecule has 2 atom stereocenters. The van der Waals surface area contributed by atoms with Crippen molar-refractivity contribution in [3.8, 4) is 0 Å². The van der Waals surface area contributed by atoms with E-state index in [1.165, 1.54) is 0 Å². The van der Waals surface area contributed by atoms with E-state index in [1.54, 1.807) is 30.3 Å². The van der Waals surface area contributed by atoms with Crippen molar-refractivity contribution in [2.75, 3.05) is 7.11 Å². The lowest BCUT2D eigenvalue weighted by molar-refractivity contribution is -0.145. The molecule has 7 nitrogen and oxygen atoms in total. The molecule has 1 rings (SSSR count). The zero-order chi connectivity index (χ0) is 15.2. The van der Waals surface area contributed by atoms with E-state index in [0.717, 1.165) is 7.11 Å². The molecule has 2 unspecified atom stereocenters. The summed E-state index contributed by atoms with van der Waals surface area (Å²) in [5.74, 6) is -2.48. The van der Waals surface area contributed by atoms with Crippen LogP contribution in [0, 0.1) is 0 Å². The summed E-state index contributed by atoms with van der Waals surface area (Å²) in [6, 6.07) is 8.55. The smallest absolute Gasteiger partial charge is 0.343 e. The van der Waals surface area contributed by atoms with Gasteiger partial charge in [-0.15, -0.1) is 0 Å². The molecule has 0 aliphatic rings. The number of carbonyl (C=O) groups is 2. The third kappa shape index (κ3) is 4.77. The van der Waals surface area contributed by atoms with Crippen LogP contribution in [0.2, 0.25) is 0 Å². The van der Waals surface area contributed by atoms with E-state index in [2.05, 4.69) is 4.74 Å². The summed E-state index contributed by atoms with van der Waals surface area (Å²) in [4.78, 5) is 31.8. The summed E-state index contributed by atoms with van der Waals surface area (Å²) in [6.07, 6.45) is -0.838. The average molecular weight is 302 g/mol. The van der Waals surface area contributed by atoms with Crippen LogP contribution in [-0.4, -0.2) is 34.7 Å². The number of carboxylic acids is 1. The molecule has 0 fully saturated rings. The van der Waals surface area contributed by atoms with E-state index < -0.39 is 31.6 Å². The van der Waals surface area contributed by atoms with Gasteiger partial charge in [-0.3, -0.25) is 14.2 Å². The van der Waals surface area contributed by atoms with Crippen molar-refractivity contribution in [1.29, 1.82) is 0 Å². The Morgan fingerprint density at radius 1 is 1.30 bits per heavy atom. The van der Waals surface area contributed by atoms with Crippen LogP contribution in [0.25, 0.3) is 0 Å². The van der Waals surface area contributed by atoms with E-state index in [-0.39, 0.29) is 6.61 Å². The lowest BCUT2D eigenvalue weighted by Gasteiger charge is -2.19. The molecule has 1 aromatic carbocycles. The van der Waals surface area contributed by atoms with Crippen molar-refractivity contribution >= 4 is 19.5 Å². The number of rotatable bonds is 7. The number of benzene rings is 1. The summed E-state index contributed by atoms with van der Waals surface area (Å²) in [5, 5.41) is 8.68. The molecule has 0 amide bonds. The van der Waals surface area contributed by atoms with Crippen LogP contribution in [0.3, 0.4) is 0 Å². The fourth-order valence-corrected chi connectivity index (χ4v) is 2.74. The Balaban J connectivity index is 2.79. The highest BCUT2D eigenvalue weighted by atomic mass is 31.2. The van der Waals surface area contributed by atoms with Crippen LogP contribution in [0.15, 0.2) is 30.3 Å². The van der Waals surface area contributed by atoms with Crippen LogP contribution in [0.1, 0.15) is 12.0 Å². The first-order valence-corrected chi connectivity index (χ1v) is 7.32. The Bertz CT molecular complexity index is 514. The van der Waals surface area contributed by atoms with E-state index in [0.29, 0.717) is 5.56 Å². The molecule has 0 aliphatic heterocycles. The van der Waals surface area contributed by atoms with E-state index in [4.69, 9.17) is 9.63 Å². The summed E-state index contributed by atoms with van der Waals surface area (Å²) < 4.78 is 21.2. The third-order valence-corrected chi connectivity index (χ3v) is 4.17. The minimum atomic E-state index is -4.45. The van der Waals surface area contributed by atoms with Crippen molar-refractivity contribution in [3.05, 3.63) is 35.9 Å². The molecule has 0 saturated heterocycles. The maximum atomic E-state index is 12.0. The van der Waals surface area contributed by atoms with E-state index >= 15 is 0 Å². The topological polar surface area (TPSA) is 110 Å². The molecule has 110 valence electrons. The molecule has 0 aliphatic carbocycles. The molecule has 0 spiro atoms. The third-order valence-electron chi connectivity index (χ3n) is 2.49. The van der Waals surface area contributed by atoms with Gasteiger partial charge in [-0.2, -0.15) is 0 Å². The van der Waals surface area contributed by atoms with Gasteiger partial charge in [0.1, 0.15) is 0 Å². The number of carbonyl (C=O) groups excluding carboxylic acids is 1. The standard InChI is InChI=1S/C12H15O7P/c1-18-12(15)10(7-11(13)14)20(16,17)19-8-9-5-3-2-4-6-9/h2-6,10H,7-8H2,1H3,(H,13,14)(H,16,17). The summed E-state index contributed by atoms with van der Waals surface area (Å²) in [6.45, 7) is -0.207. The Kier molecular flexibility index (Phi) is 5.88. The molecular formula is C12H15O7P. The van der Waals surface area contributed by atoms with Gasteiger partial charge in [-0.1, -0.05) is 30.3 Å². The predicted octanol–water partition coefficient (Wildman–Crippen LogP) is 1.40. The van der Waals surface area contributed by atoms with E-state index in [1.807, 2.05) is 0 Å². The highest BCUT2D eigenvalue weighted by Crippen LogP contribution is 2.50. The quantitative estimate of drug-likeness (QED) is 0.578. The molecule has 1 aromatic rings. The average Bonchev–Trinajstić information content (AvgIpc) is 2.42. The first-order chi connectivity index (χ1) is 9.36. The van der Waals surface area contributed by atoms with Gasteiger partial charge < -0.3 is 19.3 Å². The number of methoxy groups -OCH3 is 1. The highest BCUT2D eigenvalue weighted by Gasteiger charge is 2.41. The second-order valence-corrected chi connectivity index (χ2v) is 5.97. The first-order valence-electron chi connectivity index (χ1n) is 5.67. The van der Waals surface area contributed by atoms with Crippen molar-refractivity contribution in [2.45, 2.75) is 18.7 Å². The molecule has 20 heavy (non-hydrogen) atoms. The lowest BCUT2D eigenvalue weighted by atomic mass is 10.2. The molecule has 0 heterocycles. The fourth-order valence-electron chi connectivity index (χ4n) is 1.46. The van der Waals surface area contributed by atoms with Crippen molar-refractivity contribution < 1.29 is 33.4 Å². The van der Waals surface area contributed by atoms with Crippen LogP contribution in [-0.2, 0) is 30.0 Å². The van der Waals surface area contributed by atoms with Gasteiger partial charge in [0.2, 0.25) is 0 Å². The maximum Gasteiger partial charge on any atom is 0.343 e. The summed E-state index contributed by atoms with van der Waals surface area (Å²) in [7, 11) is -3.44.